The Morgan fingerprint density at radius 2 is 1.97 bits per heavy atom. The molecule has 4 rings (SSSR count). The van der Waals surface area contributed by atoms with Crippen molar-refractivity contribution in [2.75, 3.05) is 23.7 Å². The van der Waals surface area contributed by atoms with Crippen LogP contribution in [0.5, 0.6) is 0 Å². The van der Waals surface area contributed by atoms with Gasteiger partial charge in [0.15, 0.2) is 0 Å². The second-order valence-electron chi connectivity index (χ2n) is 8.10. The Morgan fingerprint density at radius 3 is 2.71 bits per heavy atom. The first-order chi connectivity index (χ1) is 15.0. The van der Waals surface area contributed by atoms with E-state index in [-0.39, 0.29) is 5.91 Å². The third-order valence-electron chi connectivity index (χ3n) is 5.43. The van der Waals surface area contributed by atoms with E-state index in [2.05, 4.69) is 37.6 Å². The molecule has 1 aliphatic heterocycles. The second kappa shape index (κ2) is 9.66. The molecule has 7 heteroatoms. The van der Waals surface area contributed by atoms with E-state index in [0.717, 1.165) is 55.2 Å². The van der Waals surface area contributed by atoms with Crippen molar-refractivity contribution in [3.8, 4) is 0 Å². The lowest BCUT2D eigenvalue weighted by molar-refractivity contribution is -0.114. The average molecular weight is 417 g/mol. The van der Waals surface area contributed by atoms with Crippen molar-refractivity contribution in [1.82, 2.24) is 19.9 Å². The fraction of sp³-hybridized carbons (Fsp3) is 0.333. The zero-order valence-corrected chi connectivity index (χ0v) is 18.0. The molecule has 0 saturated carbocycles. The number of piperidine rings is 1. The van der Waals surface area contributed by atoms with Gasteiger partial charge in [0.25, 0.3) is 0 Å². The lowest BCUT2D eigenvalue weighted by Crippen LogP contribution is -2.34. The van der Waals surface area contributed by atoms with Gasteiger partial charge in [-0.15, -0.1) is 0 Å². The van der Waals surface area contributed by atoms with E-state index in [0.29, 0.717) is 11.9 Å². The molecule has 31 heavy (non-hydrogen) atoms. The summed E-state index contributed by atoms with van der Waals surface area (Å²) in [5, 5.41) is 6.02. The molecule has 1 saturated heterocycles. The van der Waals surface area contributed by atoms with E-state index in [9.17, 15) is 4.79 Å². The van der Waals surface area contributed by atoms with E-state index in [4.69, 9.17) is 4.98 Å². The second-order valence-corrected chi connectivity index (χ2v) is 8.10. The molecule has 0 spiro atoms. The van der Waals surface area contributed by atoms with Gasteiger partial charge in [0.2, 0.25) is 11.9 Å². The number of rotatable bonds is 6. The summed E-state index contributed by atoms with van der Waals surface area (Å²) in [6, 6.07) is 14.0. The molecule has 1 aliphatic rings. The fourth-order valence-electron chi connectivity index (χ4n) is 3.91. The molecule has 1 atom stereocenters. The van der Waals surface area contributed by atoms with Gasteiger partial charge in [-0.05, 0) is 61.7 Å². The van der Waals surface area contributed by atoms with Crippen molar-refractivity contribution in [2.45, 2.75) is 39.2 Å². The zero-order valence-electron chi connectivity index (χ0n) is 18.0. The highest BCUT2D eigenvalue weighted by Gasteiger charge is 2.23. The lowest BCUT2D eigenvalue weighted by atomic mass is 9.94. The molecular formula is C24H28N6O. The SMILES string of the molecule is CC(=O)Nc1ccc(CN2CCC[C@H](c3ccnc(Nc4ccc(C)cn4)n3)C2)cc1. The number of carbonyl (C=O) groups excluding carboxylic acids is 1. The highest BCUT2D eigenvalue weighted by molar-refractivity contribution is 5.88. The predicted molar refractivity (Wildman–Crippen MR) is 122 cm³/mol. The number of hydrogen-bond donors (Lipinski definition) is 2. The van der Waals surface area contributed by atoms with Crippen LogP contribution in [0.15, 0.2) is 54.9 Å². The molecule has 0 unspecified atom stereocenters. The van der Waals surface area contributed by atoms with Crippen molar-refractivity contribution >= 4 is 23.4 Å². The van der Waals surface area contributed by atoms with Gasteiger partial charge in [-0.2, -0.15) is 0 Å². The van der Waals surface area contributed by atoms with Gasteiger partial charge in [0.05, 0.1) is 5.69 Å². The van der Waals surface area contributed by atoms with Crippen molar-refractivity contribution in [2.24, 2.45) is 0 Å². The summed E-state index contributed by atoms with van der Waals surface area (Å²) in [5.41, 5.74) is 4.25. The van der Waals surface area contributed by atoms with E-state index in [1.165, 1.54) is 12.5 Å². The summed E-state index contributed by atoms with van der Waals surface area (Å²) in [6.07, 6.45) is 5.91. The average Bonchev–Trinajstić information content (AvgIpc) is 2.77. The molecule has 0 bridgehead atoms. The van der Waals surface area contributed by atoms with Crippen LogP contribution in [-0.2, 0) is 11.3 Å². The van der Waals surface area contributed by atoms with Crippen LogP contribution in [0, 0.1) is 6.92 Å². The number of benzene rings is 1. The number of pyridine rings is 1. The predicted octanol–water partition coefficient (Wildman–Crippen LogP) is 4.26. The minimum absolute atomic E-state index is 0.0523. The van der Waals surface area contributed by atoms with Crippen molar-refractivity contribution in [1.29, 1.82) is 0 Å². The lowest BCUT2D eigenvalue weighted by Gasteiger charge is -2.32. The van der Waals surface area contributed by atoms with Crippen LogP contribution in [-0.4, -0.2) is 38.8 Å². The van der Waals surface area contributed by atoms with Gasteiger partial charge in [-0.3, -0.25) is 9.69 Å². The van der Waals surface area contributed by atoms with Crippen LogP contribution in [0.1, 0.15) is 42.5 Å². The van der Waals surface area contributed by atoms with Gasteiger partial charge < -0.3 is 10.6 Å². The van der Waals surface area contributed by atoms with Crippen molar-refractivity contribution in [3.05, 3.63) is 71.7 Å². The summed E-state index contributed by atoms with van der Waals surface area (Å²) in [7, 11) is 0. The Balaban J connectivity index is 1.39. The maximum absolute atomic E-state index is 11.2. The van der Waals surface area contributed by atoms with Gasteiger partial charge in [-0.1, -0.05) is 18.2 Å². The minimum Gasteiger partial charge on any atom is -0.326 e. The molecular weight excluding hydrogens is 388 g/mol. The Morgan fingerprint density at radius 1 is 1.13 bits per heavy atom. The van der Waals surface area contributed by atoms with Crippen LogP contribution < -0.4 is 10.6 Å². The standard InChI is InChI=1S/C24H28N6O/c1-17-5-10-23(26-14-17)29-24-25-12-11-22(28-24)20-4-3-13-30(16-20)15-19-6-8-21(9-7-19)27-18(2)31/h5-12,14,20H,3-4,13,15-16H2,1-2H3,(H,27,31)(H,25,26,28,29)/t20-/m0/s1. The van der Waals surface area contributed by atoms with E-state index >= 15 is 0 Å². The Bertz CT molecular complexity index is 1020. The number of hydrogen-bond acceptors (Lipinski definition) is 6. The van der Waals surface area contributed by atoms with Gasteiger partial charge in [0, 0.05) is 44.0 Å². The minimum atomic E-state index is -0.0523. The van der Waals surface area contributed by atoms with Crippen molar-refractivity contribution in [3.63, 3.8) is 0 Å². The van der Waals surface area contributed by atoms with Crippen LogP contribution in [0.25, 0.3) is 0 Å². The van der Waals surface area contributed by atoms with Gasteiger partial charge in [0.1, 0.15) is 5.82 Å². The molecule has 2 aromatic heterocycles. The summed E-state index contributed by atoms with van der Waals surface area (Å²) in [4.78, 5) is 27.2. The topological polar surface area (TPSA) is 83.0 Å². The number of aromatic nitrogens is 3. The summed E-state index contributed by atoms with van der Waals surface area (Å²) >= 11 is 0. The van der Waals surface area contributed by atoms with Crippen LogP contribution >= 0.6 is 0 Å². The first-order valence-corrected chi connectivity index (χ1v) is 10.7. The first kappa shape index (κ1) is 20.9. The number of aryl methyl sites for hydroxylation is 1. The van der Waals surface area contributed by atoms with E-state index < -0.39 is 0 Å². The monoisotopic (exact) mass is 416 g/mol. The third-order valence-corrected chi connectivity index (χ3v) is 5.43. The maximum Gasteiger partial charge on any atom is 0.228 e. The van der Waals surface area contributed by atoms with Crippen LogP contribution in [0.4, 0.5) is 17.5 Å². The number of nitrogens with one attached hydrogen (secondary N) is 2. The molecule has 1 amide bonds. The molecule has 0 radical (unpaired) electrons. The fourth-order valence-corrected chi connectivity index (χ4v) is 3.91. The largest absolute Gasteiger partial charge is 0.326 e. The summed E-state index contributed by atoms with van der Waals surface area (Å²) in [6.45, 7) is 6.47. The number of nitrogens with zero attached hydrogens (tertiary/aromatic N) is 4. The molecule has 3 aromatic rings. The molecule has 2 N–H and O–H groups in total. The quantitative estimate of drug-likeness (QED) is 0.625. The van der Waals surface area contributed by atoms with Gasteiger partial charge >= 0.3 is 0 Å². The third kappa shape index (κ3) is 5.86. The molecule has 1 aromatic carbocycles. The molecule has 3 heterocycles. The van der Waals surface area contributed by atoms with Crippen LogP contribution in [0.3, 0.4) is 0 Å². The number of likely N-dealkylation sites (tertiary alicyclic amines) is 1. The first-order valence-electron chi connectivity index (χ1n) is 10.7. The number of carbonyl (C=O) groups is 1. The number of anilines is 3. The summed E-state index contributed by atoms with van der Waals surface area (Å²) < 4.78 is 0. The van der Waals surface area contributed by atoms with Gasteiger partial charge in [-0.25, -0.2) is 15.0 Å². The maximum atomic E-state index is 11.2. The van der Waals surface area contributed by atoms with Crippen molar-refractivity contribution < 1.29 is 4.79 Å². The summed E-state index contributed by atoms with van der Waals surface area (Å²) in [5.74, 6) is 1.65. The highest BCUT2D eigenvalue weighted by atomic mass is 16.1. The number of amides is 1. The van der Waals surface area contributed by atoms with E-state index in [1.54, 1.807) is 0 Å². The molecule has 160 valence electrons. The Labute approximate surface area is 183 Å². The Hall–Kier alpha value is -3.32. The van der Waals surface area contributed by atoms with E-state index in [1.807, 2.05) is 49.6 Å². The molecule has 7 nitrogen and oxygen atoms in total. The molecule has 1 fully saturated rings. The smallest absolute Gasteiger partial charge is 0.228 e. The Kier molecular flexibility index (Phi) is 6.52. The molecule has 0 aliphatic carbocycles. The van der Waals surface area contributed by atoms with Crippen LogP contribution in [0.2, 0.25) is 0 Å². The zero-order chi connectivity index (χ0) is 21.6. The normalized spacial score (nSPS) is 16.6. The highest BCUT2D eigenvalue weighted by Crippen LogP contribution is 2.27.